The lowest BCUT2D eigenvalue weighted by Crippen LogP contribution is -2.20. The van der Waals surface area contributed by atoms with E-state index in [9.17, 15) is 9.59 Å². The fraction of sp³-hybridized carbons (Fsp3) is 0.316. The van der Waals surface area contributed by atoms with E-state index in [1.54, 1.807) is 27.2 Å². The molecule has 146 valence electrons. The number of nitrogens with zero attached hydrogens (tertiary/aromatic N) is 4. The van der Waals surface area contributed by atoms with Crippen molar-refractivity contribution >= 4 is 17.6 Å². The van der Waals surface area contributed by atoms with Crippen LogP contribution in [-0.2, 0) is 20.7 Å². The molecule has 0 fully saturated rings. The fourth-order valence-corrected chi connectivity index (χ4v) is 2.73. The highest BCUT2D eigenvalue weighted by Gasteiger charge is 2.24. The number of benzene rings is 1. The minimum atomic E-state index is -0.669. The Hall–Kier alpha value is -3.49. The van der Waals surface area contributed by atoms with Crippen LogP contribution in [-0.4, -0.2) is 52.1 Å². The molecule has 2 aromatic heterocycles. The summed E-state index contributed by atoms with van der Waals surface area (Å²) in [7, 11) is 1.59. The molecule has 2 heterocycles. The minimum Gasteiger partial charge on any atom is -0.497 e. The first kappa shape index (κ1) is 19.3. The topological polar surface area (TPSA) is 105 Å². The number of methoxy groups -OCH3 is 1. The Morgan fingerprint density at radius 3 is 2.39 bits per heavy atom. The van der Waals surface area contributed by atoms with Crippen LogP contribution in [0, 0.1) is 0 Å². The lowest BCUT2D eigenvalue weighted by molar-refractivity contribution is -0.142. The Balaban J connectivity index is 2.11. The Labute approximate surface area is 161 Å². The molecule has 0 bridgehead atoms. The second kappa shape index (κ2) is 8.47. The molecular weight excluding hydrogens is 364 g/mol. The quantitative estimate of drug-likeness (QED) is 0.570. The highest BCUT2D eigenvalue weighted by atomic mass is 16.5. The highest BCUT2D eigenvalue weighted by Crippen LogP contribution is 2.26. The van der Waals surface area contributed by atoms with Gasteiger partial charge in [0.1, 0.15) is 5.75 Å². The lowest BCUT2D eigenvalue weighted by atomic mass is 10.1. The Morgan fingerprint density at radius 2 is 1.75 bits per heavy atom. The van der Waals surface area contributed by atoms with Gasteiger partial charge in [0.15, 0.2) is 11.3 Å². The van der Waals surface area contributed by atoms with Crippen LogP contribution in [0.2, 0.25) is 0 Å². The van der Waals surface area contributed by atoms with Crippen LogP contribution in [0.1, 0.15) is 30.0 Å². The first-order chi connectivity index (χ1) is 13.6. The first-order valence-electron chi connectivity index (χ1n) is 8.79. The van der Waals surface area contributed by atoms with Crippen LogP contribution in [0.4, 0.5) is 0 Å². The average molecular weight is 384 g/mol. The van der Waals surface area contributed by atoms with Gasteiger partial charge in [0.25, 0.3) is 0 Å². The van der Waals surface area contributed by atoms with E-state index in [4.69, 9.17) is 14.2 Å². The van der Waals surface area contributed by atoms with E-state index in [1.165, 1.54) is 4.52 Å². The van der Waals surface area contributed by atoms with E-state index in [2.05, 4.69) is 15.3 Å². The van der Waals surface area contributed by atoms with Gasteiger partial charge in [0.2, 0.25) is 0 Å². The van der Waals surface area contributed by atoms with Gasteiger partial charge in [-0.1, -0.05) is 12.1 Å². The molecule has 0 N–H and O–H groups in total. The molecule has 0 atom stereocenters. The SMILES string of the molecule is CCOC(=O)Cc1c(C(=O)OCC)nnc2c(-c3ccc(OC)cc3)cnn12. The summed E-state index contributed by atoms with van der Waals surface area (Å²) in [4.78, 5) is 24.3. The maximum absolute atomic E-state index is 12.3. The summed E-state index contributed by atoms with van der Waals surface area (Å²) in [5.41, 5.74) is 2.16. The number of hydrogen-bond donors (Lipinski definition) is 0. The van der Waals surface area contributed by atoms with Gasteiger partial charge >= 0.3 is 11.9 Å². The van der Waals surface area contributed by atoms with Gasteiger partial charge in [-0.2, -0.15) is 5.10 Å². The van der Waals surface area contributed by atoms with E-state index < -0.39 is 11.9 Å². The minimum absolute atomic E-state index is 0.0632. The molecule has 9 nitrogen and oxygen atoms in total. The molecular formula is C19H20N4O5. The van der Waals surface area contributed by atoms with Gasteiger partial charge in [-0.25, -0.2) is 9.31 Å². The number of aromatic nitrogens is 4. The third-order valence-electron chi connectivity index (χ3n) is 4.00. The van der Waals surface area contributed by atoms with Crippen LogP contribution in [0.15, 0.2) is 30.5 Å². The van der Waals surface area contributed by atoms with E-state index in [0.29, 0.717) is 11.2 Å². The van der Waals surface area contributed by atoms with E-state index >= 15 is 0 Å². The molecule has 0 saturated heterocycles. The van der Waals surface area contributed by atoms with Gasteiger partial charge in [-0.3, -0.25) is 4.79 Å². The molecule has 0 aliphatic rings. The predicted octanol–water partition coefficient (Wildman–Crippen LogP) is 2.08. The van der Waals surface area contributed by atoms with Crippen LogP contribution < -0.4 is 4.74 Å². The van der Waals surface area contributed by atoms with Gasteiger partial charge in [0.05, 0.1) is 38.6 Å². The summed E-state index contributed by atoms with van der Waals surface area (Å²) in [6, 6.07) is 7.36. The smallest absolute Gasteiger partial charge is 0.360 e. The molecule has 3 aromatic rings. The number of hydrogen-bond acceptors (Lipinski definition) is 8. The molecule has 0 amide bonds. The molecule has 1 aromatic carbocycles. The van der Waals surface area contributed by atoms with Gasteiger partial charge in [0, 0.05) is 5.56 Å². The van der Waals surface area contributed by atoms with Crippen molar-refractivity contribution in [2.45, 2.75) is 20.3 Å². The molecule has 0 saturated carbocycles. The third-order valence-corrected chi connectivity index (χ3v) is 4.00. The van der Waals surface area contributed by atoms with Crippen LogP contribution in [0.25, 0.3) is 16.8 Å². The standard InChI is InChI=1S/C19H20N4O5/c1-4-27-16(24)10-15-17(19(25)28-5-2)21-22-18-14(11-20-23(15)18)12-6-8-13(26-3)9-7-12/h6-9,11H,4-5,10H2,1-3H3. The van der Waals surface area contributed by atoms with Crippen molar-refractivity contribution in [3.63, 3.8) is 0 Å². The number of ether oxygens (including phenoxy) is 3. The zero-order chi connectivity index (χ0) is 20.1. The van der Waals surface area contributed by atoms with E-state index in [-0.39, 0.29) is 31.0 Å². The Morgan fingerprint density at radius 1 is 1.04 bits per heavy atom. The second-order valence-corrected chi connectivity index (χ2v) is 5.72. The highest BCUT2D eigenvalue weighted by molar-refractivity contribution is 5.90. The molecule has 0 aliphatic carbocycles. The molecule has 0 spiro atoms. The summed E-state index contributed by atoms with van der Waals surface area (Å²) in [6.45, 7) is 3.80. The van der Waals surface area contributed by atoms with E-state index in [1.807, 2.05) is 24.3 Å². The monoisotopic (exact) mass is 384 g/mol. The zero-order valence-corrected chi connectivity index (χ0v) is 15.8. The summed E-state index contributed by atoms with van der Waals surface area (Å²) in [6.07, 6.45) is 1.42. The Kier molecular flexibility index (Phi) is 5.83. The summed E-state index contributed by atoms with van der Waals surface area (Å²) >= 11 is 0. The Bertz CT molecular complexity index is 997. The van der Waals surface area contributed by atoms with Crippen molar-refractivity contribution < 1.29 is 23.8 Å². The van der Waals surface area contributed by atoms with Crippen molar-refractivity contribution in [3.8, 4) is 16.9 Å². The largest absolute Gasteiger partial charge is 0.497 e. The van der Waals surface area contributed by atoms with Crippen LogP contribution >= 0.6 is 0 Å². The van der Waals surface area contributed by atoms with Gasteiger partial charge in [-0.15, -0.1) is 10.2 Å². The van der Waals surface area contributed by atoms with Crippen molar-refractivity contribution in [1.82, 2.24) is 19.8 Å². The second-order valence-electron chi connectivity index (χ2n) is 5.72. The summed E-state index contributed by atoms with van der Waals surface area (Å²) < 4.78 is 16.6. The van der Waals surface area contributed by atoms with Crippen molar-refractivity contribution in [2.24, 2.45) is 0 Å². The zero-order valence-electron chi connectivity index (χ0n) is 15.8. The lowest BCUT2D eigenvalue weighted by Gasteiger charge is -2.09. The number of carbonyl (C=O) groups is 2. The molecule has 0 unspecified atom stereocenters. The van der Waals surface area contributed by atoms with Crippen molar-refractivity contribution in [1.29, 1.82) is 0 Å². The normalized spacial score (nSPS) is 10.7. The maximum atomic E-state index is 12.3. The molecule has 9 heteroatoms. The number of esters is 2. The van der Waals surface area contributed by atoms with Crippen LogP contribution in [0.3, 0.4) is 0 Å². The molecule has 28 heavy (non-hydrogen) atoms. The number of rotatable bonds is 7. The molecule has 0 aliphatic heterocycles. The van der Waals surface area contributed by atoms with Crippen molar-refractivity contribution in [2.75, 3.05) is 20.3 Å². The predicted molar refractivity (Wildman–Crippen MR) is 99.1 cm³/mol. The number of carbonyl (C=O) groups excluding carboxylic acids is 2. The number of fused-ring (bicyclic) bond motifs is 1. The maximum Gasteiger partial charge on any atom is 0.360 e. The van der Waals surface area contributed by atoms with E-state index in [0.717, 1.165) is 11.3 Å². The summed E-state index contributed by atoms with van der Waals surface area (Å²) in [5, 5.41) is 12.5. The summed E-state index contributed by atoms with van der Waals surface area (Å²) in [5.74, 6) is -0.444. The van der Waals surface area contributed by atoms with Gasteiger partial charge in [-0.05, 0) is 31.5 Å². The average Bonchev–Trinajstić information content (AvgIpc) is 3.13. The first-order valence-corrected chi connectivity index (χ1v) is 8.79. The fourth-order valence-electron chi connectivity index (χ4n) is 2.73. The molecule has 0 radical (unpaired) electrons. The molecule has 3 rings (SSSR count). The van der Waals surface area contributed by atoms with Crippen LogP contribution in [0.5, 0.6) is 5.75 Å². The third kappa shape index (κ3) is 3.78. The van der Waals surface area contributed by atoms with Gasteiger partial charge < -0.3 is 14.2 Å². The van der Waals surface area contributed by atoms with Crippen molar-refractivity contribution in [3.05, 3.63) is 41.9 Å².